The number of benzene rings is 2. The van der Waals surface area contributed by atoms with E-state index >= 15 is 0 Å². The number of amides is 3. The van der Waals surface area contributed by atoms with Crippen LogP contribution in [0.25, 0.3) is 0 Å². The monoisotopic (exact) mass is 343 g/mol. The highest BCUT2D eigenvalue weighted by atomic mass is 16.5. The number of carbonyl (C=O) groups is 2. The summed E-state index contributed by atoms with van der Waals surface area (Å²) >= 11 is 0. The zero-order valence-electron chi connectivity index (χ0n) is 14.1. The molecule has 3 amide bonds. The normalized spacial score (nSPS) is 11.3. The van der Waals surface area contributed by atoms with Crippen LogP contribution in [-0.4, -0.2) is 24.6 Å². The summed E-state index contributed by atoms with van der Waals surface area (Å²) in [5, 5.41) is 4.99. The second-order valence-electron chi connectivity index (χ2n) is 5.25. The number of nitrogens with one attached hydrogen (secondary N) is 2. The highest BCUT2D eigenvalue weighted by molar-refractivity contribution is 5.96. The minimum atomic E-state index is -0.748. The molecule has 0 radical (unpaired) electrons. The summed E-state index contributed by atoms with van der Waals surface area (Å²) in [5.74, 6) is 1.73. The Bertz CT molecular complexity index is 714. The molecule has 0 heterocycles. The molecule has 0 aliphatic heterocycles. The first-order valence-corrected chi connectivity index (χ1v) is 7.85. The first-order valence-electron chi connectivity index (χ1n) is 7.85. The maximum Gasteiger partial charge on any atom is 0.312 e. The molecule has 4 N–H and O–H groups in total. The summed E-state index contributed by atoms with van der Waals surface area (Å²) in [4.78, 5) is 22.6. The zero-order valence-corrected chi connectivity index (χ0v) is 14.1. The van der Waals surface area contributed by atoms with Crippen LogP contribution in [0, 0.1) is 0 Å². The zero-order chi connectivity index (χ0) is 18.2. The summed E-state index contributed by atoms with van der Waals surface area (Å²) in [7, 11) is 0. The van der Waals surface area contributed by atoms with Gasteiger partial charge in [0.25, 0.3) is 0 Å². The van der Waals surface area contributed by atoms with E-state index in [2.05, 4.69) is 10.6 Å². The minimum absolute atomic E-state index is 0.362. The van der Waals surface area contributed by atoms with Crippen molar-refractivity contribution >= 4 is 17.6 Å². The molecular formula is C18H21N3O4. The van der Waals surface area contributed by atoms with Crippen LogP contribution in [0.15, 0.2) is 48.5 Å². The highest BCUT2D eigenvalue weighted by Crippen LogP contribution is 2.25. The Kier molecular flexibility index (Phi) is 6.22. The first-order chi connectivity index (χ1) is 12.0. The molecule has 0 spiro atoms. The maximum atomic E-state index is 11.9. The van der Waals surface area contributed by atoms with Crippen LogP contribution >= 0.6 is 0 Å². The van der Waals surface area contributed by atoms with Gasteiger partial charge in [-0.25, -0.2) is 4.79 Å². The number of hydrogen-bond donors (Lipinski definition) is 3. The van der Waals surface area contributed by atoms with Crippen molar-refractivity contribution in [2.24, 2.45) is 5.73 Å². The van der Waals surface area contributed by atoms with Gasteiger partial charge in [0.15, 0.2) is 0 Å². The van der Waals surface area contributed by atoms with E-state index in [1.54, 1.807) is 31.2 Å². The number of nitrogens with two attached hydrogens (primary N) is 1. The fourth-order valence-electron chi connectivity index (χ4n) is 2.04. The Balaban J connectivity index is 1.93. The lowest BCUT2D eigenvalue weighted by atomic mass is 10.2. The lowest BCUT2D eigenvalue weighted by Crippen LogP contribution is -2.44. The number of rotatable bonds is 7. The second-order valence-corrected chi connectivity index (χ2v) is 5.25. The first kappa shape index (κ1) is 18.1. The summed E-state index contributed by atoms with van der Waals surface area (Å²) < 4.78 is 11.1. The van der Waals surface area contributed by atoms with Crippen molar-refractivity contribution in [1.82, 2.24) is 5.32 Å². The fourth-order valence-corrected chi connectivity index (χ4v) is 2.04. The van der Waals surface area contributed by atoms with E-state index in [-0.39, 0.29) is 5.91 Å². The molecule has 2 aromatic carbocycles. The van der Waals surface area contributed by atoms with Crippen molar-refractivity contribution in [3.05, 3.63) is 48.5 Å². The molecule has 1 unspecified atom stereocenters. The van der Waals surface area contributed by atoms with Gasteiger partial charge in [-0.3, -0.25) is 4.79 Å². The molecule has 0 aliphatic carbocycles. The maximum absolute atomic E-state index is 11.9. The van der Waals surface area contributed by atoms with E-state index in [9.17, 15) is 9.59 Å². The van der Waals surface area contributed by atoms with Crippen molar-refractivity contribution in [2.45, 2.75) is 19.9 Å². The molecule has 1 atom stereocenters. The largest absolute Gasteiger partial charge is 0.494 e. The van der Waals surface area contributed by atoms with Gasteiger partial charge in [0.2, 0.25) is 5.91 Å². The van der Waals surface area contributed by atoms with E-state index in [1.165, 1.54) is 0 Å². The van der Waals surface area contributed by atoms with Gasteiger partial charge in [-0.05, 0) is 62.4 Å². The third-order valence-corrected chi connectivity index (χ3v) is 3.24. The van der Waals surface area contributed by atoms with E-state index in [1.807, 2.05) is 31.2 Å². The Morgan fingerprint density at radius 1 is 1.00 bits per heavy atom. The second kappa shape index (κ2) is 8.58. The lowest BCUT2D eigenvalue weighted by Gasteiger charge is -2.13. The van der Waals surface area contributed by atoms with Crippen LogP contribution in [0.1, 0.15) is 13.8 Å². The van der Waals surface area contributed by atoms with Crippen molar-refractivity contribution in [3.63, 3.8) is 0 Å². The Morgan fingerprint density at radius 2 is 1.52 bits per heavy atom. The topological polar surface area (TPSA) is 103 Å². The third-order valence-electron chi connectivity index (χ3n) is 3.24. The number of carbonyl (C=O) groups excluding carboxylic acids is 2. The standard InChI is InChI=1S/C18H21N3O4/c1-3-24-14-8-10-16(11-9-14)25-15-6-4-13(5-7-15)21-17(22)12(2)20-18(19)23/h4-12H,3H2,1-2H3,(H,21,22)(H3,19,20,23). The molecule has 0 bridgehead atoms. The van der Waals surface area contributed by atoms with Gasteiger partial charge in [-0.2, -0.15) is 0 Å². The minimum Gasteiger partial charge on any atom is -0.494 e. The summed E-state index contributed by atoms with van der Waals surface area (Å²) in [5.41, 5.74) is 5.57. The van der Waals surface area contributed by atoms with Gasteiger partial charge in [0, 0.05) is 5.69 Å². The Morgan fingerprint density at radius 3 is 2.04 bits per heavy atom. The van der Waals surface area contributed by atoms with Gasteiger partial charge in [-0.15, -0.1) is 0 Å². The predicted molar refractivity (Wildman–Crippen MR) is 94.9 cm³/mol. The molecule has 0 aliphatic rings. The molecule has 7 nitrogen and oxygen atoms in total. The molecule has 0 aromatic heterocycles. The number of anilines is 1. The summed E-state index contributed by atoms with van der Waals surface area (Å²) in [6.45, 7) is 4.08. The van der Waals surface area contributed by atoms with Crippen LogP contribution in [0.2, 0.25) is 0 Å². The third kappa shape index (κ3) is 5.72. The lowest BCUT2D eigenvalue weighted by molar-refractivity contribution is -0.117. The highest BCUT2D eigenvalue weighted by Gasteiger charge is 2.13. The van der Waals surface area contributed by atoms with E-state index in [4.69, 9.17) is 15.2 Å². The number of ether oxygens (including phenoxy) is 2. The van der Waals surface area contributed by atoms with Crippen molar-refractivity contribution < 1.29 is 19.1 Å². The SMILES string of the molecule is CCOc1ccc(Oc2ccc(NC(=O)C(C)NC(N)=O)cc2)cc1. The van der Waals surface area contributed by atoms with Gasteiger partial charge in [0.1, 0.15) is 23.3 Å². The molecular weight excluding hydrogens is 322 g/mol. The molecule has 0 fully saturated rings. The van der Waals surface area contributed by atoms with E-state index in [0.717, 1.165) is 5.75 Å². The van der Waals surface area contributed by atoms with Gasteiger partial charge >= 0.3 is 6.03 Å². The average Bonchev–Trinajstić information content (AvgIpc) is 2.58. The average molecular weight is 343 g/mol. The summed E-state index contributed by atoms with van der Waals surface area (Å²) in [6.07, 6.45) is 0. The van der Waals surface area contributed by atoms with Crippen LogP contribution in [0.3, 0.4) is 0 Å². The smallest absolute Gasteiger partial charge is 0.312 e. The molecule has 132 valence electrons. The predicted octanol–water partition coefficient (Wildman–Crippen LogP) is 2.87. The van der Waals surface area contributed by atoms with Gasteiger partial charge in [0.05, 0.1) is 6.61 Å². The quantitative estimate of drug-likeness (QED) is 0.719. The van der Waals surface area contributed by atoms with Gasteiger partial charge in [-0.1, -0.05) is 0 Å². The fraction of sp³-hybridized carbons (Fsp3) is 0.222. The molecule has 7 heteroatoms. The number of hydrogen-bond acceptors (Lipinski definition) is 4. The number of primary amides is 1. The molecule has 2 aromatic rings. The Hall–Kier alpha value is -3.22. The van der Waals surface area contributed by atoms with Crippen molar-refractivity contribution in [3.8, 4) is 17.2 Å². The van der Waals surface area contributed by atoms with Crippen molar-refractivity contribution in [1.29, 1.82) is 0 Å². The molecule has 0 saturated heterocycles. The van der Waals surface area contributed by atoms with Crippen LogP contribution in [0.5, 0.6) is 17.2 Å². The van der Waals surface area contributed by atoms with E-state index in [0.29, 0.717) is 23.8 Å². The number of urea groups is 1. The Labute approximate surface area is 146 Å². The van der Waals surface area contributed by atoms with Crippen LogP contribution < -0.4 is 25.8 Å². The van der Waals surface area contributed by atoms with Crippen LogP contribution in [0.4, 0.5) is 10.5 Å². The van der Waals surface area contributed by atoms with Gasteiger partial charge < -0.3 is 25.8 Å². The van der Waals surface area contributed by atoms with E-state index < -0.39 is 12.1 Å². The molecule has 0 saturated carbocycles. The summed E-state index contributed by atoms with van der Waals surface area (Å²) in [6, 6.07) is 12.7. The van der Waals surface area contributed by atoms with Crippen LogP contribution in [-0.2, 0) is 4.79 Å². The molecule has 25 heavy (non-hydrogen) atoms. The molecule has 2 rings (SSSR count). The van der Waals surface area contributed by atoms with Crippen molar-refractivity contribution in [2.75, 3.05) is 11.9 Å².